The molecule has 1 aromatic heterocycles. The molecular formula is C13H15BrN2S. The van der Waals surface area contributed by atoms with E-state index >= 15 is 0 Å². The Morgan fingerprint density at radius 2 is 1.71 bits per heavy atom. The Hall–Kier alpha value is -0.680. The molecule has 0 atom stereocenters. The van der Waals surface area contributed by atoms with Gasteiger partial charge in [0.2, 0.25) is 0 Å². The predicted octanol–water partition coefficient (Wildman–Crippen LogP) is 3.26. The van der Waals surface area contributed by atoms with Crippen molar-refractivity contribution in [3.63, 3.8) is 0 Å². The smallest absolute Gasteiger partial charge is 0.0701 e. The van der Waals surface area contributed by atoms with Gasteiger partial charge in [-0.25, -0.2) is 0 Å². The molecule has 0 unspecified atom stereocenters. The highest BCUT2D eigenvalue weighted by molar-refractivity contribution is 9.11. The molecule has 3 N–H and O–H groups in total. The summed E-state index contributed by atoms with van der Waals surface area (Å²) in [6.07, 6.45) is 0. The Balaban J connectivity index is 1.81. The lowest BCUT2D eigenvalue weighted by Crippen LogP contribution is -2.11. The van der Waals surface area contributed by atoms with Crippen LogP contribution in [0.3, 0.4) is 0 Å². The molecule has 4 heteroatoms. The van der Waals surface area contributed by atoms with Crippen molar-refractivity contribution < 1.29 is 0 Å². The van der Waals surface area contributed by atoms with Gasteiger partial charge in [-0.1, -0.05) is 24.3 Å². The molecule has 0 saturated heterocycles. The van der Waals surface area contributed by atoms with Gasteiger partial charge in [-0.3, -0.25) is 0 Å². The van der Waals surface area contributed by atoms with Crippen LogP contribution in [0.5, 0.6) is 0 Å². The Morgan fingerprint density at radius 1 is 1.00 bits per heavy atom. The first-order valence-electron chi connectivity index (χ1n) is 5.51. The van der Waals surface area contributed by atoms with Gasteiger partial charge in [-0.15, -0.1) is 11.3 Å². The minimum absolute atomic E-state index is 0.608. The van der Waals surface area contributed by atoms with Crippen molar-refractivity contribution in [2.24, 2.45) is 5.73 Å². The SMILES string of the molecule is NCc1ccc(CNCc2ccc(Br)s2)cc1. The first-order valence-corrected chi connectivity index (χ1v) is 7.11. The average Bonchev–Trinajstić information content (AvgIpc) is 2.76. The number of halogens is 1. The third kappa shape index (κ3) is 3.92. The molecule has 0 spiro atoms. The van der Waals surface area contributed by atoms with Crippen molar-refractivity contribution in [1.29, 1.82) is 0 Å². The number of thiophene rings is 1. The maximum absolute atomic E-state index is 5.56. The molecule has 0 aliphatic carbocycles. The zero-order valence-electron chi connectivity index (χ0n) is 9.45. The molecule has 0 fully saturated rings. The summed E-state index contributed by atoms with van der Waals surface area (Å²) in [6.45, 7) is 2.41. The van der Waals surface area contributed by atoms with Gasteiger partial charge in [0.25, 0.3) is 0 Å². The third-order valence-electron chi connectivity index (χ3n) is 2.52. The first kappa shape index (κ1) is 12.8. The molecule has 0 bridgehead atoms. The lowest BCUT2D eigenvalue weighted by molar-refractivity contribution is 0.700. The topological polar surface area (TPSA) is 38.0 Å². The highest BCUT2D eigenvalue weighted by Gasteiger charge is 1.98. The van der Waals surface area contributed by atoms with Crippen LogP contribution in [0.1, 0.15) is 16.0 Å². The lowest BCUT2D eigenvalue weighted by atomic mass is 10.1. The van der Waals surface area contributed by atoms with Gasteiger partial charge in [0, 0.05) is 24.5 Å². The van der Waals surface area contributed by atoms with E-state index in [1.165, 1.54) is 19.8 Å². The summed E-state index contributed by atoms with van der Waals surface area (Å²) in [6, 6.07) is 12.6. The lowest BCUT2D eigenvalue weighted by Gasteiger charge is -2.04. The van der Waals surface area contributed by atoms with Gasteiger partial charge in [-0.2, -0.15) is 0 Å². The van der Waals surface area contributed by atoms with E-state index in [9.17, 15) is 0 Å². The van der Waals surface area contributed by atoms with Gasteiger partial charge in [0.15, 0.2) is 0 Å². The van der Waals surface area contributed by atoms with E-state index < -0.39 is 0 Å². The van der Waals surface area contributed by atoms with E-state index in [0.29, 0.717) is 6.54 Å². The van der Waals surface area contributed by atoms with Crippen molar-refractivity contribution in [2.45, 2.75) is 19.6 Å². The summed E-state index contributed by atoms with van der Waals surface area (Å²) in [4.78, 5) is 1.34. The first-order chi connectivity index (χ1) is 8.28. The zero-order valence-corrected chi connectivity index (χ0v) is 11.9. The highest BCUT2D eigenvalue weighted by atomic mass is 79.9. The molecule has 1 aromatic carbocycles. The highest BCUT2D eigenvalue weighted by Crippen LogP contribution is 2.21. The van der Waals surface area contributed by atoms with Crippen LogP contribution in [0, 0.1) is 0 Å². The summed E-state index contributed by atoms with van der Waals surface area (Å²) < 4.78 is 1.18. The summed E-state index contributed by atoms with van der Waals surface area (Å²) >= 11 is 5.23. The molecule has 0 saturated carbocycles. The third-order valence-corrected chi connectivity index (χ3v) is 4.14. The molecule has 2 rings (SSSR count). The van der Waals surface area contributed by atoms with Crippen LogP contribution in [0.4, 0.5) is 0 Å². The van der Waals surface area contributed by atoms with Crippen LogP contribution in [0.25, 0.3) is 0 Å². The Morgan fingerprint density at radius 3 is 2.29 bits per heavy atom. The van der Waals surface area contributed by atoms with E-state index in [1.54, 1.807) is 11.3 Å². The molecule has 0 amide bonds. The van der Waals surface area contributed by atoms with Crippen molar-refractivity contribution in [3.05, 3.63) is 56.2 Å². The van der Waals surface area contributed by atoms with Crippen LogP contribution in [-0.4, -0.2) is 0 Å². The number of benzene rings is 1. The maximum atomic E-state index is 5.56. The number of nitrogens with one attached hydrogen (secondary N) is 1. The molecule has 17 heavy (non-hydrogen) atoms. The largest absolute Gasteiger partial charge is 0.326 e. The van der Waals surface area contributed by atoms with E-state index in [4.69, 9.17) is 5.73 Å². The number of rotatable bonds is 5. The molecule has 0 aliphatic rings. The average molecular weight is 311 g/mol. The van der Waals surface area contributed by atoms with E-state index in [2.05, 4.69) is 57.6 Å². The quantitative estimate of drug-likeness (QED) is 0.889. The summed E-state index contributed by atoms with van der Waals surface area (Å²) in [5, 5.41) is 3.43. The fourth-order valence-corrected chi connectivity index (χ4v) is 3.02. The Kier molecular flexibility index (Phi) is 4.74. The molecule has 0 aliphatic heterocycles. The van der Waals surface area contributed by atoms with Crippen molar-refractivity contribution >= 4 is 27.3 Å². The second-order valence-electron chi connectivity index (χ2n) is 3.83. The van der Waals surface area contributed by atoms with Crippen molar-refractivity contribution in [3.8, 4) is 0 Å². The van der Waals surface area contributed by atoms with E-state index in [-0.39, 0.29) is 0 Å². The Labute approximate surface area is 114 Å². The summed E-state index contributed by atoms with van der Waals surface area (Å²) in [7, 11) is 0. The maximum Gasteiger partial charge on any atom is 0.0701 e. The van der Waals surface area contributed by atoms with E-state index in [1.807, 2.05) is 0 Å². The molecule has 2 aromatic rings. The summed E-state index contributed by atoms with van der Waals surface area (Å²) in [5.74, 6) is 0. The second kappa shape index (κ2) is 6.31. The molecular weight excluding hydrogens is 296 g/mol. The van der Waals surface area contributed by atoms with Gasteiger partial charge in [0.05, 0.1) is 3.79 Å². The van der Waals surface area contributed by atoms with Crippen LogP contribution in [-0.2, 0) is 19.6 Å². The number of nitrogens with two attached hydrogens (primary N) is 1. The fourth-order valence-electron chi connectivity index (χ4n) is 1.57. The molecule has 2 nitrogen and oxygen atoms in total. The standard InChI is InChI=1S/C13H15BrN2S/c14-13-6-5-12(17-13)9-16-8-11-3-1-10(7-15)2-4-11/h1-6,16H,7-9,15H2. The van der Waals surface area contributed by atoms with Gasteiger partial charge in [-0.05, 0) is 39.2 Å². The molecule has 1 heterocycles. The van der Waals surface area contributed by atoms with Crippen LogP contribution < -0.4 is 11.1 Å². The molecule has 90 valence electrons. The van der Waals surface area contributed by atoms with Crippen LogP contribution in [0.15, 0.2) is 40.2 Å². The van der Waals surface area contributed by atoms with E-state index in [0.717, 1.165) is 13.1 Å². The monoisotopic (exact) mass is 310 g/mol. The van der Waals surface area contributed by atoms with Gasteiger partial charge < -0.3 is 11.1 Å². The minimum Gasteiger partial charge on any atom is -0.326 e. The Bertz CT molecular complexity index is 465. The van der Waals surface area contributed by atoms with Crippen LogP contribution in [0.2, 0.25) is 0 Å². The minimum atomic E-state index is 0.608. The van der Waals surface area contributed by atoms with Crippen molar-refractivity contribution in [2.75, 3.05) is 0 Å². The predicted molar refractivity (Wildman–Crippen MR) is 76.9 cm³/mol. The normalized spacial score (nSPS) is 10.7. The van der Waals surface area contributed by atoms with Crippen LogP contribution >= 0.6 is 27.3 Å². The van der Waals surface area contributed by atoms with Gasteiger partial charge in [0.1, 0.15) is 0 Å². The zero-order chi connectivity index (χ0) is 12.1. The van der Waals surface area contributed by atoms with Gasteiger partial charge >= 0.3 is 0 Å². The van der Waals surface area contributed by atoms with Crippen molar-refractivity contribution in [1.82, 2.24) is 5.32 Å². The number of hydrogen-bond acceptors (Lipinski definition) is 3. The number of hydrogen-bond donors (Lipinski definition) is 2. The molecule has 0 radical (unpaired) electrons. The second-order valence-corrected chi connectivity index (χ2v) is 6.38. The summed E-state index contributed by atoms with van der Waals surface area (Å²) in [5.41, 5.74) is 8.03. The fraction of sp³-hybridized carbons (Fsp3) is 0.231.